The fourth-order valence-corrected chi connectivity index (χ4v) is 1.54. The van der Waals surface area contributed by atoms with Crippen LogP contribution in [-0.4, -0.2) is 24.2 Å². The average Bonchev–Trinajstić information content (AvgIpc) is 2.28. The highest BCUT2D eigenvalue weighted by Crippen LogP contribution is 2.23. The number of carboxylic acids is 1. The minimum absolute atomic E-state index is 0.00992. The van der Waals surface area contributed by atoms with Crippen LogP contribution in [0.15, 0.2) is 18.2 Å². The summed E-state index contributed by atoms with van der Waals surface area (Å²) in [4.78, 5) is 12.2. The van der Waals surface area contributed by atoms with E-state index in [1.807, 2.05) is 12.1 Å². The number of rotatable bonds is 4. The third-order valence-corrected chi connectivity index (χ3v) is 2.38. The van der Waals surface area contributed by atoms with E-state index in [1.54, 1.807) is 0 Å². The van der Waals surface area contributed by atoms with Crippen LogP contribution in [0.2, 0.25) is 5.02 Å². The number of halogens is 1. The summed E-state index contributed by atoms with van der Waals surface area (Å²) >= 11 is 5.80. The zero-order chi connectivity index (χ0) is 12.8. The highest BCUT2D eigenvalue weighted by molar-refractivity contribution is 6.33. The summed E-state index contributed by atoms with van der Waals surface area (Å²) in [7, 11) is 0. The number of aromatic carboxylic acids is 1. The summed E-state index contributed by atoms with van der Waals surface area (Å²) in [5.74, 6) is -1.12. The molecular formula is C11H8ClN3O2. The van der Waals surface area contributed by atoms with Crippen molar-refractivity contribution in [2.75, 3.05) is 18.0 Å². The summed E-state index contributed by atoms with van der Waals surface area (Å²) in [5.41, 5.74) is 0.535. The predicted octanol–water partition coefficient (Wildman–Crippen LogP) is 1.89. The number of carboxylic acid groups (broad SMARTS) is 1. The quantitative estimate of drug-likeness (QED) is 0.823. The van der Waals surface area contributed by atoms with Crippen LogP contribution in [0.5, 0.6) is 0 Å². The normalized spacial score (nSPS) is 9.12. The molecule has 0 amide bonds. The molecule has 1 aromatic carbocycles. The molecule has 5 nitrogen and oxygen atoms in total. The number of nitrogens with zero attached hydrogens (tertiary/aromatic N) is 3. The van der Waals surface area contributed by atoms with Crippen LogP contribution in [0.1, 0.15) is 10.4 Å². The molecule has 0 saturated carbocycles. The van der Waals surface area contributed by atoms with Crippen LogP contribution in [0.25, 0.3) is 0 Å². The monoisotopic (exact) mass is 249 g/mol. The Hall–Kier alpha value is -2.24. The summed E-state index contributed by atoms with van der Waals surface area (Å²) in [6.07, 6.45) is 0. The number of anilines is 1. The Morgan fingerprint density at radius 2 is 1.94 bits per heavy atom. The van der Waals surface area contributed by atoms with Gasteiger partial charge in [0.15, 0.2) is 0 Å². The smallest absolute Gasteiger partial charge is 0.337 e. The first-order valence-corrected chi connectivity index (χ1v) is 4.99. The number of carbonyl (C=O) groups is 1. The highest BCUT2D eigenvalue weighted by atomic mass is 35.5. The third kappa shape index (κ3) is 3.10. The van der Waals surface area contributed by atoms with Gasteiger partial charge in [-0.15, -0.1) is 0 Å². The minimum Gasteiger partial charge on any atom is -0.478 e. The maximum Gasteiger partial charge on any atom is 0.337 e. The van der Waals surface area contributed by atoms with Crippen molar-refractivity contribution in [3.05, 3.63) is 28.8 Å². The SMILES string of the molecule is N#CCN(CC#N)c1ccc(C(=O)O)c(Cl)c1. The zero-order valence-electron chi connectivity index (χ0n) is 8.72. The molecule has 0 spiro atoms. The van der Waals surface area contributed by atoms with E-state index < -0.39 is 5.97 Å². The van der Waals surface area contributed by atoms with Crippen molar-refractivity contribution in [1.29, 1.82) is 10.5 Å². The summed E-state index contributed by atoms with van der Waals surface area (Å²) in [6.45, 7) is 0.0760. The van der Waals surface area contributed by atoms with Crippen LogP contribution in [0, 0.1) is 22.7 Å². The molecule has 0 heterocycles. The first kappa shape index (κ1) is 12.8. The number of hydrogen-bond donors (Lipinski definition) is 1. The maximum absolute atomic E-state index is 10.8. The maximum atomic E-state index is 10.8. The molecule has 0 atom stereocenters. The van der Waals surface area contributed by atoms with Gasteiger partial charge in [0.2, 0.25) is 0 Å². The number of nitriles is 2. The van der Waals surface area contributed by atoms with E-state index >= 15 is 0 Å². The van der Waals surface area contributed by atoms with E-state index in [1.165, 1.54) is 23.1 Å². The van der Waals surface area contributed by atoms with Gasteiger partial charge in [0, 0.05) is 5.69 Å². The van der Waals surface area contributed by atoms with Gasteiger partial charge in [0.25, 0.3) is 0 Å². The number of hydrogen-bond acceptors (Lipinski definition) is 4. The van der Waals surface area contributed by atoms with Crippen molar-refractivity contribution < 1.29 is 9.90 Å². The molecule has 0 unspecified atom stereocenters. The van der Waals surface area contributed by atoms with Crippen LogP contribution in [0.3, 0.4) is 0 Å². The lowest BCUT2D eigenvalue weighted by atomic mass is 10.2. The standard InChI is InChI=1S/C11H8ClN3O2/c12-10-7-8(1-2-9(10)11(16)17)15(5-3-13)6-4-14/h1-2,7H,5-6H2,(H,16,17). The highest BCUT2D eigenvalue weighted by Gasteiger charge is 2.12. The lowest BCUT2D eigenvalue weighted by molar-refractivity contribution is 0.0697. The van der Waals surface area contributed by atoms with Crippen molar-refractivity contribution in [2.45, 2.75) is 0 Å². The van der Waals surface area contributed by atoms with E-state index in [9.17, 15) is 4.79 Å². The zero-order valence-corrected chi connectivity index (χ0v) is 9.48. The molecular weight excluding hydrogens is 242 g/mol. The Balaban J connectivity index is 3.07. The fourth-order valence-electron chi connectivity index (χ4n) is 1.28. The second kappa shape index (κ2) is 5.74. The molecule has 1 aromatic rings. The van der Waals surface area contributed by atoms with Crippen molar-refractivity contribution in [3.8, 4) is 12.1 Å². The molecule has 0 aliphatic carbocycles. The van der Waals surface area contributed by atoms with E-state index in [0.717, 1.165) is 0 Å². The van der Waals surface area contributed by atoms with Gasteiger partial charge in [-0.1, -0.05) is 11.6 Å². The molecule has 1 N–H and O–H groups in total. The largest absolute Gasteiger partial charge is 0.478 e. The topological polar surface area (TPSA) is 88.1 Å². The Labute approximate surface area is 103 Å². The molecule has 0 aliphatic heterocycles. The predicted molar refractivity (Wildman–Crippen MR) is 61.9 cm³/mol. The summed E-state index contributed by atoms with van der Waals surface area (Å²) in [5, 5.41) is 26.1. The Kier molecular flexibility index (Phi) is 4.33. The van der Waals surface area contributed by atoms with E-state index in [0.29, 0.717) is 5.69 Å². The molecule has 0 aromatic heterocycles. The van der Waals surface area contributed by atoms with Gasteiger partial charge < -0.3 is 10.0 Å². The minimum atomic E-state index is -1.12. The van der Waals surface area contributed by atoms with Crippen molar-refractivity contribution in [3.63, 3.8) is 0 Å². The molecule has 0 radical (unpaired) electrons. The van der Waals surface area contributed by atoms with E-state index in [2.05, 4.69) is 0 Å². The molecule has 86 valence electrons. The Morgan fingerprint density at radius 1 is 1.35 bits per heavy atom. The van der Waals surface area contributed by atoms with Crippen LogP contribution in [-0.2, 0) is 0 Å². The molecule has 0 fully saturated rings. The van der Waals surface area contributed by atoms with E-state index in [4.69, 9.17) is 27.2 Å². The number of benzene rings is 1. The average molecular weight is 250 g/mol. The van der Waals surface area contributed by atoms with Crippen LogP contribution < -0.4 is 4.90 Å². The molecule has 1 rings (SSSR count). The lowest BCUT2D eigenvalue weighted by Crippen LogP contribution is -2.23. The Bertz CT molecular complexity index is 500. The van der Waals surface area contributed by atoms with Gasteiger partial charge in [-0.05, 0) is 18.2 Å². The van der Waals surface area contributed by atoms with Gasteiger partial charge in [-0.3, -0.25) is 0 Å². The van der Waals surface area contributed by atoms with Crippen molar-refractivity contribution in [1.82, 2.24) is 0 Å². The van der Waals surface area contributed by atoms with Crippen molar-refractivity contribution >= 4 is 23.3 Å². The van der Waals surface area contributed by atoms with Crippen LogP contribution in [0.4, 0.5) is 5.69 Å². The van der Waals surface area contributed by atoms with Gasteiger partial charge in [-0.25, -0.2) is 4.79 Å². The lowest BCUT2D eigenvalue weighted by Gasteiger charge is -2.18. The van der Waals surface area contributed by atoms with Crippen molar-refractivity contribution in [2.24, 2.45) is 0 Å². The van der Waals surface area contributed by atoms with Gasteiger partial charge in [0.1, 0.15) is 13.1 Å². The molecule has 0 saturated heterocycles. The third-order valence-electron chi connectivity index (χ3n) is 2.07. The molecule has 0 aliphatic rings. The second-order valence-corrected chi connectivity index (χ2v) is 3.55. The molecule has 6 heteroatoms. The molecule has 17 heavy (non-hydrogen) atoms. The van der Waals surface area contributed by atoms with E-state index in [-0.39, 0.29) is 23.7 Å². The summed E-state index contributed by atoms with van der Waals surface area (Å²) in [6, 6.07) is 8.14. The van der Waals surface area contributed by atoms with Gasteiger partial charge in [-0.2, -0.15) is 10.5 Å². The summed E-state index contributed by atoms with van der Waals surface area (Å²) < 4.78 is 0. The van der Waals surface area contributed by atoms with Gasteiger partial charge in [0.05, 0.1) is 22.7 Å². The first-order chi connectivity index (χ1) is 8.10. The second-order valence-electron chi connectivity index (χ2n) is 3.14. The Morgan fingerprint density at radius 3 is 2.35 bits per heavy atom. The fraction of sp³-hybridized carbons (Fsp3) is 0.182. The molecule has 0 bridgehead atoms. The first-order valence-electron chi connectivity index (χ1n) is 4.62. The van der Waals surface area contributed by atoms with Gasteiger partial charge >= 0.3 is 5.97 Å². The van der Waals surface area contributed by atoms with Crippen LogP contribution >= 0.6 is 11.6 Å².